The Morgan fingerprint density at radius 3 is 2.73 bits per heavy atom. The maximum absolute atomic E-state index is 12.2. The summed E-state index contributed by atoms with van der Waals surface area (Å²) in [6.45, 7) is 2.97. The molecule has 1 aromatic carbocycles. The van der Waals surface area contributed by atoms with Gasteiger partial charge in [-0.05, 0) is 31.5 Å². The molecule has 0 unspecified atom stereocenters. The molecule has 0 aliphatic heterocycles. The number of hydrogen-bond acceptors (Lipinski definition) is 4. The number of halogens is 3. The SMILES string of the molecule is Cc1nn(CCCNC(=O)c2cc(-c3ccc(Cl)cc3Cl)on2)cc1Cl. The lowest BCUT2D eigenvalue weighted by Crippen LogP contribution is -2.25. The van der Waals surface area contributed by atoms with Gasteiger partial charge in [0.1, 0.15) is 0 Å². The van der Waals surface area contributed by atoms with E-state index in [1.807, 2.05) is 6.92 Å². The van der Waals surface area contributed by atoms with Gasteiger partial charge in [0, 0.05) is 35.9 Å². The number of nitrogens with one attached hydrogen (secondary N) is 1. The van der Waals surface area contributed by atoms with Gasteiger partial charge in [-0.15, -0.1) is 0 Å². The zero-order valence-electron chi connectivity index (χ0n) is 13.8. The number of aromatic nitrogens is 3. The van der Waals surface area contributed by atoms with Crippen LogP contribution in [0, 0.1) is 6.92 Å². The summed E-state index contributed by atoms with van der Waals surface area (Å²) in [5.41, 5.74) is 1.59. The summed E-state index contributed by atoms with van der Waals surface area (Å²) in [5, 5.41) is 12.4. The standard InChI is InChI=1S/C17H15Cl3N4O2/c1-10-14(20)9-24(22-10)6-2-5-21-17(25)15-8-16(26-23-15)12-4-3-11(18)7-13(12)19/h3-4,7-9H,2,5-6H2,1H3,(H,21,25). The summed E-state index contributed by atoms with van der Waals surface area (Å²) < 4.78 is 6.97. The zero-order chi connectivity index (χ0) is 18.7. The Morgan fingerprint density at radius 2 is 2.04 bits per heavy atom. The van der Waals surface area contributed by atoms with Gasteiger partial charge in [0.05, 0.1) is 15.7 Å². The van der Waals surface area contributed by atoms with Gasteiger partial charge in [-0.3, -0.25) is 9.48 Å². The normalized spacial score (nSPS) is 10.9. The molecular formula is C17H15Cl3N4O2. The number of carbonyl (C=O) groups is 1. The number of aryl methyl sites for hydroxylation is 2. The molecule has 9 heteroatoms. The molecule has 1 N–H and O–H groups in total. The van der Waals surface area contributed by atoms with Crippen LogP contribution in [0.15, 0.2) is 35.0 Å². The first kappa shape index (κ1) is 18.8. The first-order chi connectivity index (χ1) is 12.4. The molecule has 0 saturated carbocycles. The summed E-state index contributed by atoms with van der Waals surface area (Å²) >= 11 is 18.0. The van der Waals surface area contributed by atoms with E-state index in [2.05, 4.69) is 15.6 Å². The molecule has 2 aromatic heterocycles. The number of carbonyl (C=O) groups excluding carboxylic acids is 1. The second-order valence-corrected chi connectivity index (χ2v) is 6.89. The number of benzene rings is 1. The van der Waals surface area contributed by atoms with Crippen LogP contribution in [0.3, 0.4) is 0 Å². The summed E-state index contributed by atoms with van der Waals surface area (Å²) in [4.78, 5) is 12.2. The lowest BCUT2D eigenvalue weighted by Gasteiger charge is -2.03. The molecule has 0 saturated heterocycles. The monoisotopic (exact) mass is 412 g/mol. The van der Waals surface area contributed by atoms with Crippen LogP contribution >= 0.6 is 34.8 Å². The fraction of sp³-hybridized carbons (Fsp3) is 0.235. The Morgan fingerprint density at radius 1 is 1.23 bits per heavy atom. The highest BCUT2D eigenvalue weighted by atomic mass is 35.5. The van der Waals surface area contributed by atoms with Crippen molar-refractivity contribution in [3.8, 4) is 11.3 Å². The molecule has 0 aliphatic carbocycles. The van der Waals surface area contributed by atoms with Crippen molar-refractivity contribution >= 4 is 40.7 Å². The fourth-order valence-electron chi connectivity index (χ4n) is 2.34. The van der Waals surface area contributed by atoms with Crippen LogP contribution in [0.5, 0.6) is 0 Å². The van der Waals surface area contributed by atoms with Crippen LogP contribution in [0.25, 0.3) is 11.3 Å². The molecule has 0 aliphatic rings. The van der Waals surface area contributed by atoms with Crippen LogP contribution in [0.1, 0.15) is 22.6 Å². The molecule has 0 spiro atoms. The van der Waals surface area contributed by atoms with E-state index in [-0.39, 0.29) is 11.6 Å². The van der Waals surface area contributed by atoms with E-state index in [4.69, 9.17) is 39.3 Å². The van der Waals surface area contributed by atoms with Crippen molar-refractivity contribution < 1.29 is 9.32 Å². The molecule has 6 nitrogen and oxygen atoms in total. The molecule has 2 heterocycles. The lowest BCUT2D eigenvalue weighted by molar-refractivity contribution is 0.0943. The summed E-state index contributed by atoms with van der Waals surface area (Å²) in [6.07, 6.45) is 2.47. The van der Waals surface area contributed by atoms with E-state index < -0.39 is 0 Å². The third-order valence-electron chi connectivity index (χ3n) is 3.68. The van der Waals surface area contributed by atoms with Gasteiger partial charge < -0.3 is 9.84 Å². The Labute approximate surface area is 165 Å². The number of nitrogens with zero attached hydrogens (tertiary/aromatic N) is 3. The Balaban J connectivity index is 1.54. The highest BCUT2D eigenvalue weighted by molar-refractivity contribution is 6.36. The third-order valence-corrected chi connectivity index (χ3v) is 4.59. The minimum Gasteiger partial charge on any atom is -0.355 e. The molecule has 26 heavy (non-hydrogen) atoms. The van der Waals surface area contributed by atoms with Crippen LogP contribution in [-0.2, 0) is 6.54 Å². The molecular weight excluding hydrogens is 399 g/mol. The predicted octanol–water partition coefficient (Wildman–Crippen LogP) is 4.63. The molecule has 3 aromatic rings. The van der Waals surface area contributed by atoms with Crippen molar-refractivity contribution in [2.45, 2.75) is 19.9 Å². The molecule has 0 fully saturated rings. The van der Waals surface area contributed by atoms with Crippen molar-refractivity contribution in [3.63, 3.8) is 0 Å². The average molecular weight is 414 g/mol. The van der Waals surface area contributed by atoms with Gasteiger partial charge in [-0.1, -0.05) is 40.0 Å². The van der Waals surface area contributed by atoms with E-state index in [1.54, 1.807) is 35.1 Å². The van der Waals surface area contributed by atoms with Gasteiger partial charge in [0.25, 0.3) is 5.91 Å². The van der Waals surface area contributed by atoms with Gasteiger partial charge >= 0.3 is 0 Å². The second-order valence-electron chi connectivity index (χ2n) is 5.64. The molecule has 3 rings (SSSR count). The molecule has 0 radical (unpaired) electrons. The van der Waals surface area contributed by atoms with E-state index >= 15 is 0 Å². The van der Waals surface area contributed by atoms with Crippen LogP contribution in [0.4, 0.5) is 0 Å². The lowest BCUT2D eigenvalue weighted by atomic mass is 10.1. The quantitative estimate of drug-likeness (QED) is 0.598. The first-order valence-electron chi connectivity index (χ1n) is 7.84. The summed E-state index contributed by atoms with van der Waals surface area (Å²) in [6, 6.07) is 6.55. The van der Waals surface area contributed by atoms with Crippen LogP contribution < -0.4 is 5.32 Å². The number of hydrogen-bond donors (Lipinski definition) is 1. The highest BCUT2D eigenvalue weighted by Gasteiger charge is 2.15. The fourth-order valence-corrected chi connectivity index (χ4v) is 2.99. The van der Waals surface area contributed by atoms with Gasteiger partial charge in [0.15, 0.2) is 11.5 Å². The van der Waals surface area contributed by atoms with E-state index in [0.717, 1.165) is 5.69 Å². The Bertz CT molecular complexity index is 916. The topological polar surface area (TPSA) is 73.0 Å². The van der Waals surface area contributed by atoms with Crippen molar-refractivity contribution in [2.24, 2.45) is 0 Å². The largest absolute Gasteiger partial charge is 0.355 e. The van der Waals surface area contributed by atoms with Gasteiger partial charge in [-0.2, -0.15) is 5.10 Å². The molecule has 0 bridgehead atoms. The van der Waals surface area contributed by atoms with Crippen molar-refractivity contribution in [2.75, 3.05) is 6.54 Å². The van der Waals surface area contributed by atoms with E-state index in [1.165, 1.54) is 0 Å². The predicted molar refractivity (Wildman–Crippen MR) is 101 cm³/mol. The van der Waals surface area contributed by atoms with Crippen molar-refractivity contribution in [1.29, 1.82) is 0 Å². The number of amides is 1. The smallest absolute Gasteiger partial charge is 0.273 e. The van der Waals surface area contributed by atoms with Crippen molar-refractivity contribution in [3.05, 3.63) is 56.9 Å². The second kappa shape index (κ2) is 8.12. The molecule has 136 valence electrons. The maximum atomic E-state index is 12.2. The van der Waals surface area contributed by atoms with Gasteiger partial charge in [-0.25, -0.2) is 0 Å². The van der Waals surface area contributed by atoms with Crippen molar-refractivity contribution in [1.82, 2.24) is 20.3 Å². The average Bonchev–Trinajstić information content (AvgIpc) is 3.19. The Hall–Kier alpha value is -2.02. The minimum absolute atomic E-state index is 0.184. The van der Waals surface area contributed by atoms with Crippen LogP contribution in [0.2, 0.25) is 15.1 Å². The Kier molecular flexibility index (Phi) is 5.86. The van der Waals surface area contributed by atoms with Crippen LogP contribution in [-0.4, -0.2) is 27.4 Å². The molecule has 0 atom stereocenters. The third kappa shape index (κ3) is 4.38. The minimum atomic E-state index is -0.320. The van der Waals surface area contributed by atoms with E-state index in [9.17, 15) is 4.79 Å². The van der Waals surface area contributed by atoms with Gasteiger partial charge in [0.2, 0.25) is 0 Å². The summed E-state index contributed by atoms with van der Waals surface area (Å²) in [5.74, 6) is 0.0817. The zero-order valence-corrected chi connectivity index (χ0v) is 16.1. The number of rotatable bonds is 6. The van der Waals surface area contributed by atoms with E-state index in [0.29, 0.717) is 45.9 Å². The maximum Gasteiger partial charge on any atom is 0.273 e. The highest BCUT2D eigenvalue weighted by Crippen LogP contribution is 2.30. The first-order valence-corrected chi connectivity index (χ1v) is 8.97. The summed E-state index contributed by atoms with van der Waals surface area (Å²) in [7, 11) is 0. The molecule has 1 amide bonds.